The van der Waals surface area contributed by atoms with E-state index in [1.54, 1.807) is 29.5 Å². The van der Waals surface area contributed by atoms with Gasteiger partial charge in [-0.15, -0.1) is 11.3 Å². The Balaban J connectivity index is 1.85. The molecule has 1 aromatic heterocycles. The SMILES string of the molecule is O=C(O)c1cccc(-c2csc(C3CCOCC3)n2)c1. The minimum Gasteiger partial charge on any atom is -0.478 e. The van der Waals surface area contributed by atoms with Crippen LogP contribution in [0, 0.1) is 0 Å². The molecule has 104 valence electrons. The molecule has 0 saturated carbocycles. The molecule has 0 amide bonds. The average molecular weight is 289 g/mol. The number of aromatic carboxylic acids is 1. The van der Waals surface area contributed by atoms with Gasteiger partial charge in [-0.25, -0.2) is 9.78 Å². The van der Waals surface area contributed by atoms with Gasteiger partial charge in [0.15, 0.2) is 0 Å². The van der Waals surface area contributed by atoms with Crippen LogP contribution in [0.25, 0.3) is 11.3 Å². The molecule has 1 N–H and O–H groups in total. The highest BCUT2D eigenvalue weighted by Crippen LogP contribution is 2.32. The molecular weight excluding hydrogens is 274 g/mol. The minimum atomic E-state index is -0.910. The number of rotatable bonds is 3. The first kappa shape index (κ1) is 13.3. The van der Waals surface area contributed by atoms with Crippen molar-refractivity contribution in [1.82, 2.24) is 4.98 Å². The summed E-state index contributed by atoms with van der Waals surface area (Å²) in [5.74, 6) is -0.433. The Bertz CT molecular complexity index is 617. The van der Waals surface area contributed by atoms with Crippen LogP contribution in [0.5, 0.6) is 0 Å². The first-order valence-corrected chi connectivity index (χ1v) is 7.49. The molecule has 20 heavy (non-hydrogen) atoms. The number of ether oxygens (including phenoxy) is 1. The monoisotopic (exact) mass is 289 g/mol. The second kappa shape index (κ2) is 5.73. The van der Waals surface area contributed by atoms with Gasteiger partial charge in [0.25, 0.3) is 0 Å². The maximum Gasteiger partial charge on any atom is 0.335 e. The normalized spacial score (nSPS) is 16.2. The van der Waals surface area contributed by atoms with Crippen molar-refractivity contribution in [3.05, 3.63) is 40.2 Å². The third-order valence-corrected chi connectivity index (χ3v) is 4.50. The molecule has 0 unspecified atom stereocenters. The molecule has 5 heteroatoms. The number of carboxylic acid groups (broad SMARTS) is 1. The Morgan fingerprint density at radius 3 is 2.90 bits per heavy atom. The molecule has 2 heterocycles. The van der Waals surface area contributed by atoms with E-state index in [2.05, 4.69) is 4.98 Å². The van der Waals surface area contributed by atoms with Crippen LogP contribution < -0.4 is 0 Å². The zero-order valence-corrected chi connectivity index (χ0v) is 11.7. The summed E-state index contributed by atoms with van der Waals surface area (Å²) in [5.41, 5.74) is 2.02. The summed E-state index contributed by atoms with van der Waals surface area (Å²) < 4.78 is 5.37. The van der Waals surface area contributed by atoms with Crippen LogP contribution in [0.4, 0.5) is 0 Å². The third kappa shape index (κ3) is 2.73. The summed E-state index contributed by atoms with van der Waals surface area (Å²) in [6.07, 6.45) is 2.03. The maximum absolute atomic E-state index is 11.0. The lowest BCUT2D eigenvalue weighted by Gasteiger charge is -2.19. The molecule has 1 aromatic carbocycles. The highest BCUT2D eigenvalue weighted by molar-refractivity contribution is 7.10. The van der Waals surface area contributed by atoms with Crippen molar-refractivity contribution in [3.8, 4) is 11.3 Å². The van der Waals surface area contributed by atoms with Crippen molar-refractivity contribution < 1.29 is 14.6 Å². The fourth-order valence-corrected chi connectivity index (χ4v) is 3.36. The van der Waals surface area contributed by atoms with E-state index >= 15 is 0 Å². The van der Waals surface area contributed by atoms with E-state index < -0.39 is 5.97 Å². The molecule has 4 nitrogen and oxygen atoms in total. The fraction of sp³-hybridized carbons (Fsp3) is 0.333. The van der Waals surface area contributed by atoms with Crippen molar-refractivity contribution in [2.45, 2.75) is 18.8 Å². The van der Waals surface area contributed by atoms with Crippen LogP contribution in [0.3, 0.4) is 0 Å². The highest BCUT2D eigenvalue weighted by atomic mass is 32.1. The topological polar surface area (TPSA) is 59.4 Å². The number of hydrogen-bond donors (Lipinski definition) is 1. The van der Waals surface area contributed by atoms with Gasteiger partial charge in [0.2, 0.25) is 0 Å². The molecule has 3 rings (SSSR count). The van der Waals surface area contributed by atoms with E-state index in [1.165, 1.54) is 0 Å². The van der Waals surface area contributed by atoms with Gasteiger partial charge in [0, 0.05) is 30.1 Å². The van der Waals surface area contributed by atoms with Crippen LogP contribution >= 0.6 is 11.3 Å². The standard InChI is InChI=1S/C15H15NO3S/c17-15(18)12-3-1-2-11(8-12)13-9-20-14(16-13)10-4-6-19-7-5-10/h1-3,8-10H,4-7H2,(H,17,18). The van der Waals surface area contributed by atoms with Crippen molar-refractivity contribution in [2.24, 2.45) is 0 Å². The van der Waals surface area contributed by atoms with E-state index in [1.807, 2.05) is 11.4 Å². The number of carbonyl (C=O) groups is 1. The van der Waals surface area contributed by atoms with Gasteiger partial charge in [-0.05, 0) is 25.0 Å². The molecule has 1 aliphatic heterocycles. The first-order valence-electron chi connectivity index (χ1n) is 6.61. The van der Waals surface area contributed by atoms with Gasteiger partial charge in [-0.2, -0.15) is 0 Å². The summed E-state index contributed by atoms with van der Waals surface area (Å²) >= 11 is 1.65. The number of aromatic nitrogens is 1. The summed E-state index contributed by atoms with van der Waals surface area (Å²) in [4.78, 5) is 15.7. The second-order valence-corrected chi connectivity index (χ2v) is 5.73. The molecule has 1 fully saturated rings. The first-order chi connectivity index (χ1) is 9.74. The Morgan fingerprint density at radius 2 is 2.15 bits per heavy atom. The Labute approximate surface area is 121 Å². The average Bonchev–Trinajstić information content (AvgIpc) is 2.98. The summed E-state index contributed by atoms with van der Waals surface area (Å²) in [5, 5.41) is 12.2. The van der Waals surface area contributed by atoms with E-state index in [-0.39, 0.29) is 0 Å². The number of carboxylic acids is 1. The van der Waals surface area contributed by atoms with Gasteiger partial charge in [0.05, 0.1) is 16.3 Å². The van der Waals surface area contributed by atoms with E-state index in [0.29, 0.717) is 11.5 Å². The van der Waals surface area contributed by atoms with Crippen LogP contribution in [0.15, 0.2) is 29.6 Å². The smallest absolute Gasteiger partial charge is 0.335 e. The fourth-order valence-electron chi connectivity index (χ4n) is 2.36. The third-order valence-electron chi connectivity index (χ3n) is 3.50. The summed E-state index contributed by atoms with van der Waals surface area (Å²) in [6, 6.07) is 6.92. The molecule has 1 saturated heterocycles. The highest BCUT2D eigenvalue weighted by Gasteiger charge is 2.19. The van der Waals surface area contributed by atoms with Gasteiger partial charge >= 0.3 is 5.97 Å². The Hall–Kier alpha value is -1.72. The van der Waals surface area contributed by atoms with E-state index in [9.17, 15) is 4.79 Å². The molecule has 2 aromatic rings. The molecule has 0 aliphatic carbocycles. The van der Waals surface area contributed by atoms with Crippen LogP contribution in [-0.4, -0.2) is 29.3 Å². The largest absolute Gasteiger partial charge is 0.478 e. The molecule has 0 radical (unpaired) electrons. The zero-order chi connectivity index (χ0) is 13.9. The number of thiazole rings is 1. The van der Waals surface area contributed by atoms with E-state index in [0.717, 1.165) is 42.3 Å². The summed E-state index contributed by atoms with van der Waals surface area (Å²) in [6.45, 7) is 1.60. The van der Waals surface area contributed by atoms with Crippen LogP contribution in [0.2, 0.25) is 0 Å². The second-order valence-electron chi connectivity index (χ2n) is 4.84. The van der Waals surface area contributed by atoms with Gasteiger partial charge in [0.1, 0.15) is 0 Å². The Morgan fingerprint density at radius 1 is 1.35 bits per heavy atom. The number of nitrogens with zero attached hydrogens (tertiary/aromatic N) is 1. The zero-order valence-electron chi connectivity index (χ0n) is 10.9. The quantitative estimate of drug-likeness (QED) is 0.940. The molecule has 0 spiro atoms. The number of benzene rings is 1. The van der Waals surface area contributed by atoms with Crippen molar-refractivity contribution >= 4 is 17.3 Å². The number of hydrogen-bond acceptors (Lipinski definition) is 4. The van der Waals surface area contributed by atoms with Crippen LogP contribution in [-0.2, 0) is 4.74 Å². The predicted molar refractivity (Wildman–Crippen MR) is 77.3 cm³/mol. The lowest BCUT2D eigenvalue weighted by Crippen LogP contribution is -2.13. The lowest BCUT2D eigenvalue weighted by atomic mass is 10.0. The lowest BCUT2D eigenvalue weighted by molar-refractivity contribution is 0.0697. The van der Waals surface area contributed by atoms with E-state index in [4.69, 9.17) is 9.84 Å². The maximum atomic E-state index is 11.0. The van der Waals surface area contributed by atoms with Gasteiger partial charge in [-0.1, -0.05) is 12.1 Å². The van der Waals surface area contributed by atoms with Crippen LogP contribution in [0.1, 0.15) is 34.1 Å². The molecule has 0 atom stereocenters. The van der Waals surface area contributed by atoms with Gasteiger partial charge < -0.3 is 9.84 Å². The Kier molecular flexibility index (Phi) is 3.80. The molecule has 1 aliphatic rings. The molecular formula is C15H15NO3S. The predicted octanol–water partition coefficient (Wildman–Crippen LogP) is 3.40. The summed E-state index contributed by atoms with van der Waals surface area (Å²) in [7, 11) is 0. The van der Waals surface area contributed by atoms with Gasteiger partial charge in [-0.3, -0.25) is 0 Å². The van der Waals surface area contributed by atoms with Crippen molar-refractivity contribution in [3.63, 3.8) is 0 Å². The minimum absolute atomic E-state index is 0.295. The van der Waals surface area contributed by atoms with Crippen molar-refractivity contribution in [1.29, 1.82) is 0 Å². The van der Waals surface area contributed by atoms with Crippen molar-refractivity contribution in [2.75, 3.05) is 13.2 Å². The molecule has 0 bridgehead atoms.